The van der Waals surface area contributed by atoms with E-state index in [1.54, 1.807) is 28.7 Å². The van der Waals surface area contributed by atoms with Crippen LogP contribution >= 0.6 is 0 Å². The minimum atomic E-state index is -3.79. The van der Waals surface area contributed by atoms with Gasteiger partial charge in [-0.25, -0.2) is 13.4 Å². The van der Waals surface area contributed by atoms with Crippen LogP contribution in [-0.4, -0.2) is 60.5 Å². The quantitative estimate of drug-likeness (QED) is 0.498. The van der Waals surface area contributed by atoms with Crippen LogP contribution in [-0.2, 0) is 10.0 Å². The molecule has 3 atom stereocenters. The van der Waals surface area contributed by atoms with Crippen molar-refractivity contribution in [2.24, 2.45) is 11.7 Å². The van der Waals surface area contributed by atoms with Crippen molar-refractivity contribution in [2.75, 3.05) is 25.0 Å². The Morgan fingerprint density at radius 1 is 1.36 bits per heavy atom. The van der Waals surface area contributed by atoms with E-state index in [2.05, 4.69) is 20.8 Å². The number of nitrogens with two attached hydrogens (primary N) is 1. The van der Waals surface area contributed by atoms with E-state index < -0.39 is 10.0 Å². The van der Waals surface area contributed by atoms with Crippen LogP contribution in [0.15, 0.2) is 33.8 Å². The smallest absolute Gasteiger partial charge is 0.273 e. The average molecular weight is 477 g/mol. The fourth-order valence-electron chi connectivity index (χ4n) is 4.32. The van der Waals surface area contributed by atoms with Crippen molar-refractivity contribution < 1.29 is 17.7 Å². The molecule has 2 aromatic rings. The second kappa shape index (κ2) is 9.78. The van der Waals surface area contributed by atoms with E-state index in [4.69, 9.17) is 10.3 Å². The molecular weight excluding hydrogens is 444 g/mol. The maximum absolute atomic E-state index is 13.6. The van der Waals surface area contributed by atoms with Crippen molar-refractivity contribution in [3.63, 3.8) is 0 Å². The molecule has 4 rings (SSSR count). The van der Waals surface area contributed by atoms with Crippen LogP contribution in [0.25, 0.3) is 0 Å². The molecule has 0 bridgehead atoms. The molecule has 1 aliphatic carbocycles. The summed E-state index contributed by atoms with van der Waals surface area (Å²) >= 11 is 0. The molecule has 3 unspecified atom stereocenters. The number of nitrogens with zero attached hydrogens (tertiary/aromatic N) is 3. The molecule has 11 heteroatoms. The van der Waals surface area contributed by atoms with Gasteiger partial charge < -0.3 is 20.9 Å². The highest BCUT2D eigenvalue weighted by Crippen LogP contribution is 2.40. The van der Waals surface area contributed by atoms with Crippen LogP contribution in [0, 0.1) is 5.92 Å². The number of aromatic nitrogens is 2. The van der Waals surface area contributed by atoms with Crippen LogP contribution in [0.4, 0.5) is 5.82 Å². The Kier molecular flexibility index (Phi) is 7.01. The number of anilines is 1. The van der Waals surface area contributed by atoms with Gasteiger partial charge in [0.1, 0.15) is 16.5 Å². The number of carbonyl (C=O) groups excluding carboxylic acids is 1. The van der Waals surface area contributed by atoms with Crippen molar-refractivity contribution in [3.8, 4) is 0 Å². The predicted octanol–water partition coefficient (Wildman–Crippen LogP) is 1.93. The van der Waals surface area contributed by atoms with Gasteiger partial charge in [-0.1, -0.05) is 19.0 Å². The van der Waals surface area contributed by atoms with E-state index in [1.165, 1.54) is 0 Å². The summed E-state index contributed by atoms with van der Waals surface area (Å²) in [7, 11) is -3.79. The molecule has 1 saturated heterocycles. The van der Waals surface area contributed by atoms with E-state index >= 15 is 0 Å². The molecule has 2 aliphatic rings. The summed E-state index contributed by atoms with van der Waals surface area (Å²) < 4.78 is 34.1. The SMILES string of the molecule is CCC1CC(NC(=O)c2cc(C3CC3)on2)C(C)CN1S(=O)(=O)c1cccnc1NCCN. The first kappa shape index (κ1) is 23.7. The van der Waals surface area contributed by atoms with E-state index in [9.17, 15) is 13.2 Å². The summed E-state index contributed by atoms with van der Waals surface area (Å²) in [6, 6.07) is 4.48. The van der Waals surface area contributed by atoms with Crippen molar-refractivity contribution in [1.82, 2.24) is 19.8 Å². The summed E-state index contributed by atoms with van der Waals surface area (Å²) in [5.41, 5.74) is 5.84. The highest BCUT2D eigenvalue weighted by Gasteiger charge is 2.41. The lowest BCUT2D eigenvalue weighted by Gasteiger charge is -2.42. The normalized spacial score (nSPS) is 23.9. The van der Waals surface area contributed by atoms with Crippen molar-refractivity contribution in [3.05, 3.63) is 35.9 Å². The van der Waals surface area contributed by atoms with Gasteiger partial charge in [-0.15, -0.1) is 0 Å². The number of hydrogen-bond acceptors (Lipinski definition) is 8. The fourth-order valence-corrected chi connectivity index (χ4v) is 6.25. The zero-order chi connectivity index (χ0) is 23.6. The predicted molar refractivity (Wildman–Crippen MR) is 123 cm³/mol. The number of piperidine rings is 1. The molecule has 1 saturated carbocycles. The number of sulfonamides is 1. The Labute approximate surface area is 194 Å². The first-order chi connectivity index (χ1) is 15.8. The zero-order valence-corrected chi connectivity index (χ0v) is 19.8. The van der Waals surface area contributed by atoms with Gasteiger partial charge in [-0.05, 0) is 43.7 Å². The minimum Gasteiger partial charge on any atom is -0.368 e. The third-order valence-corrected chi connectivity index (χ3v) is 8.36. The number of carbonyl (C=O) groups is 1. The molecule has 3 heterocycles. The number of amides is 1. The van der Waals surface area contributed by atoms with Crippen molar-refractivity contribution >= 4 is 21.7 Å². The number of rotatable bonds is 9. The third kappa shape index (κ3) is 5.04. The number of nitrogens with one attached hydrogen (secondary N) is 2. The van der Waals surface area contributed by atoms with Gasteiger partial charge in [0.2, 0.25) is 10.0 Å². The summed E-state index contributed by atoms with van der Waals surface area (Å²) in [5.74, 6) is 1.08. The Bertz CT molecular complexity index is 1080. The molecular formula is C22H32N6O4S. The van der Waals surface area contributed by atoms with Crippen molar-refractivity contribution in [1.29, 1.82) is 0 Å². The summed E-state index contributed by atoms with van der Waals surface area (Å²) in [5, 5.41) is 9.98. The molecule has 4 N–H and O–H groups in total. The molecule has 0 radical (unpaired) electrons. The van der Waals surface area contributed by atoms with Gasteiger partial charge in [-0.2, -0.15) is 4.31 Å². The minimum absolute atomic E-state index is 0.0848. The van der Waals surface area contributed by atoms with Crippen LogP contribution in [0.3, 0.4) is 0 Å². The second-order valence-corrected chi connectivity index (χ2v) is 10.7. The van der Waals surface area contributed by atoms with Gasteiger partial charge in [0.25, 0.3) is 5.91 Å². The molecule has 0 spiro atoms. The Balaban J connectivity index is 1.49. The second-order valence-electron chi connectivity index (χ2n) is 8.88. The molecule has 1 aliphatic heterocycles. The standard InChI is InChI=1S/C22H32N6O4S/c1-3-16-11-17(26-22(29)18-12-19(32-27-18)15-6-7-15)14(2)13-28(16)33(30,31)20-5-4-9-24-21(20)25-10-8-23/h4-5,9,12,14-17H,3,6-8,10-11,13,23H2,1-2H3,(H,24,25)(H,26,29). The maximum atomic E-state index is 13.6. The topological polar surface area (TPSA) is 143 Å². The lowest BCUT2D eigenvalue weighted by molar-refractivity contribution is 0.0862. The Morgan fingerprint density at radius 2 is 2.15 bits per heavy atom. The molecule has 10 nitrogen and oxygen atoms in total. The van der Waals surface area contributed by atoms with E-state index in [0.29, 0.717) is 44.2 Å². The zero-order valence-electron chi connectivity index (χ0n) is 19.0. The first-order valence-electron chi connectivity index (χ1n) is 11.5. The lowest BCUT2D eigenvalue weighted by atomic mass is 9.89. The van der Waals surface area contributed by atoms with Gasteiger partial charge in [0.05, 0.1) is 0 Å². The van der Waals surface area contributed by atoms with Gasteiger partial charge in [0.15, 0.2) is 5.69 Å². The Morgan fingerprint density at radius 3 is 2.85 bits per heavy atom. The van der Waals surface area contributed by atoms with Gasteiger partial charge in [-0.3, -0.25) is 4.79 Å². The first-order valence-corrected chi connectivity index (χ1v) is 13.0. The summed E-state index contributed by atoms with van der Waals surface area (Å²) in [6.45, 7) is 4.99. The van der Waals surface area contributed by atoms with E-state index in [-0.39, 0.29) is 34.5 Å². The monoisotopic (exact) mass is 476 g/mol. The van der Waals surface area contributed by atoms with Crippen LogP contribution in [0.2, 0.25) is 0 Å². The summed E-state index contributed by atoms with van der Waals surface area (Å²) in [6.07, 6.45) is 4.83. The largest absolute Gasteiger partial charge is 0.368 e. The van der Waals surface area contributed by atoms with Gasteiger partial charge >= 0.3 is 0 Å². The van der Waals surface area contributed by atoms with Crippen LogP contribution in [0.5, 0.6) is 0 Å². The third-order valence-electron chi connectivity index (χ3n) is 6.41. The fraction of sp³-hybridized carbons (Fsp3) is 0.591. The van der Waals surface area contributed by atoms with Crippen LogP contribution in [0.1, 0.15) is 61.7 Å². The number of hydrogen-bond donors (Lipinski definition) is 3. The molecule has 2 aromatic heterocycles. The average Bonchev–Trinajstić information content (AvgIpc) is 3.54. The summed E-state index contributed by atoms with van der Waals surface area (Å²) in [4.78, 5) is 17.1. The molecule has 1 amide bonds. The van der Waals surface area contributed by atoms with Gasteiger partial charge in [0, 0.05) is 49.9 Å². The Hall–Kier alpha value is -2.50. The maximum Gasteiger partial charge on any atom is 0.273 e. The molecule has 2 fully saturated rings. The lowest BCUT2D eigenvalue weighted by Crippen LogP contribution is -2.55. The molecule has 0 aromatic carbocycles. The van der Waals surface area contributed by atoms with Crippen molar-refractivity contribution in [2.45, 2.75) is 62.4 Å². The van der Waals surface area contributed by atoms with Crippen LogP contribution < -0.4 is 16.4 Å². The van der Waals surface area contributed by atoms with E-state index in [0.717, 1.165) is 18.6 Å². The molecule has 33 heavy (non-hydrogen) atoms. The number of pyridine rings is 1. The highest BCUT2D eigenvalue weighted by atomic mass is 32.2. The highest BCUT2D eigenvalue weighted by molar-refractivity contribution is 7.89. The van der Waals surface area contributed by atoms with E-state index in [1.807, 2.05) is 13.8 Å². The molecule has 180 valence electrons.